The number of nitrogens with zero attached hydrogens (tertiary/aromatic N) is 3. The number of carbonyl (C=O) groups is 1. The van der Waals surface area contributed by atoms with Gasteiger partial charge in [0.05, 0.1) is 19.8 Å². The van der Waals surface area contributed by atoms with E-state index >= 15 is 0 Å². The molecule has 36 heavy (non-hydrogen) atoms. The molecule has 0 unspecified atom stereocenters. The Balaban J connectivity index is 1.66. The average Bonchev–Trinajstić information content (AvgIpc) is 2.90. The van der Waals surface area contributed by atoms with Crippen molar-refractivity contribution < 1.29 is 19.4 Å². The first-order valence-corrected chi connectivity index (χ1v) is 12.3. The minimum atomic E-state index is -0.325. The molecule has 0 aliphatic carbocycles. The van der Waals surface area contributed by atoms with Crippen LogP contribution < -0.4 is 9.47 Å². The third-order valence-electron chi connectivity index (χ3n) is 6.71. The molecule has 1 aliphatic rings. The predicted molar refractivity (Wildman–Crippen MR) is 140 cm³/mol. The number of aromatic nitrogens is 1. The number of methoxy groups -OCH3 is 1. The van der Waals surface area contributed by atoms with E-state index in [1.807, 2.05) is 55.5 Å². The molecule has 3 atom stereocenters. The standard InChI is InChI=1S/C29H35N3O4/c1-20-16-32(21(2)19-33)29(34)26-14-24(23-11-8-12-25(13-23)35-4)15-30-28(26)36-27(20)18-31(3)17-22-9-6-5-7-10-22/h5-15,20-21,27,33H,16-19H2,1-4H3/t20-,21+,27+/m0/s1. The molecule has 2 aromatic carbocycles. The Morgan fingerprint density at radius 2 is 1.94 bits per heavy atom. The van der Waals surface area contributed by atoms with E-state index in [9.17, 15) is 9.90 Å². The average molecular weight is 490 g/mol. The number of likely N-dealkylation sites (N-methyl/N-ethyl adjacent to an activating group) is 1. The van der Waals surface area contributed by atoms with E-state index in [1.54, 1.807) is 18.2 Å². The van der Waals surface area contributed by atoms with Crippen molar-refractivity contribution in [2.24, 2.45) is 5.92 Å². The summed E-state index contributed by atoms with van der Waals surface area (Å²) >= 11 is 0. The molecule has 3 aromatic rings. The Morgan fingerprint density at radius 1 is 1.17 bits per heavy atom. The van der Waals surface area contributed by atoms with E-state index in [4.69, 9.17) is 9.47 Å². The molecule has 190 valence electrons. The van der Waals surface area contributed by atoms with Crippen LogP contribution in [0.25, 0.3) is 11.1 Å². The van der Waals surface area contributed by atoms with Crippen molar-refractivity contribution in [1.82, 2.24) is 14.8 Å². The minimum absolute atomic E-state index is 0.0363. The van der Waals surface area contributed by atoms with Crippen LogP contribution in [0.1, 0.15) is 29.8 Å². The molecule has 7 nitrogen and oxygen atoms in total. The Hall–Kier alpha value is -3.42. The number of rotatable bonds is 8. The van der Waals surface area contributed by atoms with Crippen LogP contribution in [-0.4, -0.2) is 71.8 Å². The number of ether oxygens (including phenoxy) is 2. The second-order valence-electron chi connectivity index (χ2n) is 9.61. The van der Waals surface area contributed by atoms with E-state index in [0.717, 1.165) is 23.4 Å². The van der Waals surface area contributed by atoms with Crippen LogP contribution in [0.2, 0.25) is 0 Å². The summed E-state index contributed by atoms with van der Waals surface area (Å²) in [7, 11) is 3.70. The number of hydrogen-bond acceptors (Lipinski definition) is 6. The SMILES string of the molecule is COc1cccc(-c2cnc3c(c2)C(=O)N([C@H](C)CO)C[C@H](C)[C@@H](CN(C)Cc2ccccc2)O3)c1. The van der Waals surface area contributed by atoms with E-state index < -0.39 is 0 Å². The highest BCUT2D eigenvalue weighted by molar-refractivity contribution is 5.98. The van der Waals surface area contributed by atoms with Crippen molar-refractivity contribution in [3.05, 3.63) is 78.0 Å². The van der Waals surface area contributed by atoms with E-state index in [2.05, 4.69) is 36.0 Å². The third kappa shape index (κ3) is 5.86. The second kappa shape index (κ2) is 11.5. The van der Waals surface area contributed by atoms with Gasteiger partial charge in [0.2, 0.25) is 5.88 Å². The number of amides is 1. The van der Waals surface area contributed by atoms with Gasteiger partial charge in [-0.1, -0.05) is 49.4 Å². The Morgan fingerprint density at radius 3 is 2.67 bits per heavy atom. The molecule has 0 radical (unpaired) electrons. The molecule has 0 saturated carbocycles. The van der Waals surface area contributed by atoms with Gasteiger partial charge < -0.3 is 19.5 Å². The van der Waals surface area contributed by atoms with Gasteiger partial charge >= 0.3 is 0 Å². The second-order valence-corrected chi connectivity index (χ2v) is 9.61. The molecule has 1 aliphatic heterocycles. The molecular weight excluding hydrogens is 454 g/mol. The summed E-state index contributed by atoms with van der Waals surface area (Å²) in [6, 6.07) is 19.5. The number of hydrogen-bond donors (Lipinski definition) is 1. The van der Waals surface area contributed by atoms with Gasteiger partial charge in [-0.3, -0.25) is 9.69 Å². The van der Waals surface area contributed by atoms with Gasteiger partial charge in [0.25, 0.3) is 5.91 Å². The zero-order valence-electron chi connectivity index (χ0n) is 21.4. The Kier molecular flexibility index (Phi) is 8.23. The summed E-state index contributed by atoms with van der Waals surface area (Å²) < 4.78 is 11.8. The minimum Gasteiger partial charge on any atom is -0.497 e. The molecule has 7 heteroatoms. The lowest BCUT2D eigenvalue weighted by Crippen LogP contribution is -2.49. The zero-order chi connectivity index (χ0) is 25.7. The van der Waals surface area contributed by atoms with Crippen molar-refractivity contribution in [2.45, 2.75) is 32.5 Å². The number of aliphatic hydroxyl groups excluding tert-OH is 1. The van der Waals surface area contributed by atoms with Crippen LogP contribution in [-0.2, 0) is 6.54 Å². The lowest BCUT2D eigenvalue weighted by molar-refractivity contribution is 0.0325. The quantitative estimate of drug-likeness (QED) is 0.513. The van der Waals surface area contributed by atoms with Crippen molar-refractivity contribution in [3.8, 4) is 22.8 Å². The molecule has 0 bridgehead atoms. The number of benzene rings is 2. The monoisotopic (exact) mass is 489 g/mol. The fourth-order valence-corrected chi connectivity index (χ4v) is 4.55. The number of aliphatic hydroxyl groups is 1. The summed E-state index contributed by atoms with van der Waals surface area (Å²) in [5, 5.41) is 9.90. The summed E-state index contributed by atoms with van der Waals surface area (Å²) in [5.41, 5.74) is 3.32. The van der Waals surface area contributed by atoms with Gasteiger partial charge in [-0.05, 0) is 43.3 Å². The van der Waals surface area contributed by atoms with Crippen LogP contribution in [0.5, 0.6) is 11.6 Å². The van der Waals surface area contributed by atoms with Crippen molar-refractivity contribution in [2.75, 3.05) is 33.9 Å². The Labute approximate surface area is 213 Å². The van der Waals surface area contributed by atoms with Crippen molar-refractivity contribution >= 4 is 5.91 Å². The summed E-state index contributed by atoms with van der Waals surface area (Å²) in [4.78, 5) is 22.2. The summed E-state index contributed by atoms with van der Waals surface area (Å²) in [6.07, 6.45) is 1.55. The summed E-state index contributed by atoms with van der Waals surface area (Å²) in [6.45, 7) is 5.77. The normalized spacial score (nSPS) is 18.7. The number of pyridine rings is 1. The third-order valence-corrected chi connectivity index (χ3v) is 6.71. The van der Waals surface area contributed by atoms with Gasteiger partial charge in [0, 0.05) is 37.3 Å². The smallest absolute Gasteiger partial charge is 0.259 e. The van der Waals surface area contributed by atoms with Crippen LogP contribution in [0.15, 0.2) is 66.9 Å². The topological polar surface area (TPSA) is 75.1 Å². The molecule has 1 aromatic heterocycles. The van der Waals surface area contributed by atoms with Gasteiger partial charge in [-0.25, -0.2) is 4.98 Å². The lowest BCUT2D eigenvalue weighted by Gasteiger charge is -2.37. The molecule has 0 saturated heterocycles. The highest BCUT2D eigenvalue weighted by Gasteiger charge is 2.34. The van der Waals surface area contributed by atoms with E-state index in [0.29, 0.717) is 24.5 Å². The maximum Gasteiger partial charge on any atom is 0.259 e. The first-order chi connectivity index (χ1) is 17.4. The first kappa shape index (κ1) is 25.7. The van der Waals surface area contributed by atoms with Crippen LogP contribution in [0.3, 0.4) is 0 Å². The maximum atomic E-state index is 13.7. The first-order valence-electron chi connectivity index (χ1n) is 12.3. The highest BCUT2D eigenvalue weighted by Crippen LogP contribution is 2.31. The highest BCUT2D eigenvalue weighted by atomic mass is 16.5. The van der Waals surface area contributed by atoms with Gasteiger partial charge in [0.1, 0.15) is 17.4 Å². The fourth-order valence-electron chi connectivity index (χ4n) is 4.55. The van der Waals surface area contributed by atoms with Crippen LogP contribution >= 0.6 is 0 Å². The molecule has 1 N–H and O–H groups in total. The molecule has 1 amide bonds. The molecule has 4 rings (SSSR count). The number of carbonyl (C=O) groups excluding carboxylic acids is 1. The van der Waals surface area contributed by atoms with Crippen molar-refractivity contribution in [1.29, 1.82) is 0 Å². The zero-order valence-corrected chi connectivity index (χ0v) is 21.4. The Bertz CT molecular complexity index is 1170. The van der Waals surface area contributed by atoms with Gasteiger partial charge in [0.15, 0.2) is 0 Å². The fraction of sp³-hybridized carbons (Fsp3) is 0.379. The van der Waals surface area contributed by atoms with E-state index in [1.165, 1.54) is 5.56 Å². The largest absolute Gasteiger partial charge is 0.497 e. The molecular formula is C29H35N3O4. The molecule has 0 fully saturated rings. The number of fused-ring (bicyclic) bond motifs is 1. The molecule has 0 spiro atoms. The molecule has 2 heterocycles. The van der Waals surface area contributed by atoms with E-state index in [-0.39, 0.29) is 30.6 Å². The summed E-state index contributed by atoms with van der Waals surface area (Å²) in [5.74, 6) is 0.903. The van der Waals surface area contributed by atoms with Crippen LogP contribution in [0.4, 0.5) is 0 Å². The van der Waals surface area contributed by atoms with Crippen LogP contribution in [0, 0.1) is 5.92 Å². The predicted octanol–water partition coefficient (Wildman–Crippen LogP) is 4.11. The van der Waals surface area contributed by atoms with Gasteiger partial charge in [-0.2, -0.15) is 0 Å². The van der Waals surface area contributed by atoms with Crippen molar-refractivity contribution in [3.63, 3.8) is 0 Å². The van der Waals surface area contributed by atoms with Gasteiger partial charge in [-0.15, -0.1) is 0 Å². The maximum absolute atomic E-state index is 13.7. The lowest BCUT2D eigenvalue weighted by atomic mass is 9.99.